The van der Waals surface area contributed by atoms with E-state index >= 15 is 0 Å². The van der Waals surface area contributed by atoms with Crippen LogP contribution in [-0.2, 0) is 11.3 Å². The first-order valence-corrected chi connectivity index (χ1v) is 6.05. The van der Waals surface area contributed by atoms with Crippen molar-refractivity contribution in [3.8, 4) is 0 Å². The highest BCUT2D eigenvalue weighted by molar-refractivity contribution is 5.40. The van der Waals surface area contributed by atoms with E-state index in [1.807, 2.05) is 13.0 Å². The first-order chi connectivity index (χ1) is 8.22. The number of aryl methyl sites for hydroxylation is 1. The highest BCUT2D eigenvalue weighted by Crippen LogP contribution is 2.19. The highest BCUT2D eigenvalue weighted by Gasteiger charge is 2.20. The number of methoxy groups -OCH3 is 1. The third-order valence-corrected chi connectivity index (χ3v) is 3.17. The van der Waals surface area contributed by atoms with Crippen molar-refractivity contribution in [2.45, 2.75) is 32.4 Å². The zero-order valence-corrected chi connectivity index (χ0v) is 10.5. The lowest BCUT2D eigenvalue weighted by Gasteiger charge is -2.32. The molecule has 2 heterocycles. The van der Waals surface area contributed by atoms with E-state index in [1.165, 1.54) is 0 Å². The van der Waals surface area contributed by atoms with Crippen molar-refractivity contribution in [3.63, 3.8) is 0 Å². The summed E-state index contributed by atoms with van der Waals surface area (Å²) >= 11 is 0. The lowest BCUT2D eigenvalue weighted by atomic mass is 10.1. The fourth-order valence-corrected chi connectivity index (χ4v) is 2.19. The van der Waals surface area contributed by atoms with E-state index in [1.54, 1.807) is 7.11 Å². The molecule has 1 fully saturated rings. The summed E-state index contributed by atoms with van der Waals surface area (Å²) < 4.78 is 5.36. The lowest BCUT2D eigenvalue weighted by Crippen LogP contribution is -2.37. The van der Waals surface area contributed by atoms with E-state index < -0.39 is 0 Å². The monoisotopic (exact) mass is 236 g/mol. The molecule has 0 atom stereocenters. The number of ether oxygens (including phenoxy) is 1. The van der Waals surface area contributed by atoms with Gasteiger partial charge in [0.25, 0.3) is 0 Å². The predicted molar refractivity (Wildman–Crippen MR) is 66.9 cm³/mol. The summed E-state index contributed by atoms with van der Waals surface area (Å²) in [6, 6.07) is 2.02. The van der Waals surface area contributed by atoms with Gasteiger partial charge in [0, 0.05) is 32.0 Å². The van der Waals surface area contributed by atoms with Crippen LogP contribution in [0.4, 0.5) is 5.82 Å². The first-order valence-electron chi connectivity index (χ1n) is 6.05. The number of anilines is 1. The molecule has 94 valence electrons. The Labute approximate surface area is 102 Å². The third-order valence-electron chi connectivity index (χ3n) is 3.17. The minimum atomic E-state index is 0.392. The largest absolute Gasteiger partial charge is 0.381 e. The maximum Gasteiger partial charge on any atom is 0.144 e. The molecule has 2 N–H and O–H groups in total. The molecule has 0 aliphatic carbocycles. The van der Waals surface area contributed by atoms with Crippen LogP contribution in [0.2, 0.25) is 0 Å². The van der Waals surface area contributed by atoms with Gasteiger partial charge in [-0.15, -0.1) is 0 Å². The molecule has 5 heteroatoms. The van der Waals surface area contributed by atoms with Gasteiger partial charge in [-0.05, 0) is 19.8 Å². The van der Waals surface area contributed by atoms with Crippen LogP contribution in [0.1, 0.15) is 24.4 Å². The van der Waals surface area contributed by atoms with Crippen molar-refractivity contribution < 1.29 is 4.74 Å². The predicted octanol–water partition coefficient (Wildman–Crippen LogP) is 0.859. The minimum Gasteiger partial charge on any atom is -0.381 e. The maximum absolute atomic E-state index is 5.60. The zero-order valence-electron chi connectivity index (χ0n) is 10.5. The molecule has 0 saturated carbocycles. The molecule has 0 aromatic carbocycles. The van der Waals surface area contributed by atoms with Gasteiger partial charge in [0.1, 0.15) is 11.6 Å². The molecular formula is C12H20N4O. The van der Waals surface area contributed by atoms with Crippen molar-refractivity contribution in [1.82, 2.24) is 9.97 Å². The van der Waals surface area contributed by atoms with Gasteiger partial charge >= 0.3 is 0 Å². The minimum absolute atomic E-state index is 0.392. The topological polar surface area (TPSA) is 64.3 Å². The van der Waals surface area contributed by atoms with Crippen molar-refractivity contribution in [3.05, 3.63) is 17.6 Å². The summed E-state index contributed by atoms with van der Waals surface area (Å²) in [7, 11) is 1.78. The zero-order chi connectivity index (χ0) is 12.3. The van der Waals surface area contributed by atoms with Gasteiger partial charge in [-0.2, -0.15) is 0 Å². The van der Waals surface area contributed by atoms with Gasteiger partial charge in [-0.1, -0.05) is 0 Å². The van der Waals surface area contributed by atoms with E-state index in [0.717, 1.165) is 37.4 Å². The number of hydrogen-bond donors (Lipinski definition) is 1. The van der Waals surface area contributed by atoms with E-state index in [0.29, 0.717) is 18.5 Å². The summed E-state index contributed by atoms with van der Waals surface area (Å²) in [5.41, 5.74) is 6.57. The Morgan fingerprint density at radius 1 is 1.41 bits per heavy atom. The number of nitrogens with zero attached hydrogens (tertiary/aromatic N) is 3. The number of aromatic nitrogens is 2. The van der Waals surface area contributed by atoms with Crippen LogP contribution in [0.25, 0.3) is 0 Å². The SMILES string of the molecule is COC1CCN(c2cc(C)nc(CN)n2)CC1. The van der Waals surface area contributed by atoms with E-state index in [4.69, 9.17) is 10.5 Å². The lowest BCUT2D eigenvalue weighted by molar-refractivity contribution is 0.0818. The second-order valence-electron chi connectivity index (χ2n) is 4.41. The molecule has 1 aliphatic rings. The average Bonchev–Trinajstić information content (AvgIpc) is 2.38. The van der Waals surface area contributed by atoms with Gasteiger partial charge in [0.15, 0.2) is 0 Å². The van der Waals surface area contributed by atoms with Crippen molar-refractivity contribution in [1.29, 1.82) is 0 Å². The summed E-state index contributed by atoms with van der Waals surface area (Å²) in [6.45, 7) is 4.34. The number of nitrogens with two attached hydrogens (primary N) is 1. The first kappa shape index (κ1) is 12.3. The van der Waals surface area contributed by atoms with Crippen LogP contribution in [0.3, 0.4) is 0 Å². The molecule has 0 radical (unpaired) electrons. The Balaban J connectivity index is 2.10. The van der Waals surface area contributed by atoms with Gasteiger partial charge in [0.05, 0.1) is 12.6 Å². The van der Waals surface area contributed by atoms with Crippen LogP contribution in [0.5, 0.6) is 0 Å². The maximum atomic E-state index is 5.60. The van der Waals surface area contributed by atoms with E-state index in [-0.39, 0.29) is 0 Å². The Kier molecular flexibility index (Phi) is 3.91. The van der Waals surface area contributed by atoms with Crippen molar-refractivity contribution >= 4 is 5.82 Å². The van der Waals surface area contributed by atoms with Crippen LogP contribution < -0.4 is 10.6 Å². The summed E-state index contributed by atoms with van der Waals surface area (Å²) in [4.78, 5) is 11.0. The van der Waals surface area contributed by atoms with Gasteiger partial charge in [-0.25, -0.2) is 9.97 Å². The van der Waals surface area contributed by atoms with Gasteiger partial charge in [-0.3, -0.25) is 0 Å². The Morgan fingerprint density at radius 2 is 2.12 bits per heavy atom. The Bertz CT molecular complexity index is 375. The molecule has 1 saturated heterocycles. The van der Waals surface area contributed by atoms with Gasteiger partial charge < -0.3 is 15.4 Å². The molecule has 5 nitrogen and oxygen atoms in total. The summed E-state index contributed by atoms with van der Waals surface area (Å²) in [5.74, 6) is 1.71. The standard InChI is InChI=1S/C12H20N4O/c1-9-7-12(15-11(8-13)14-9)16-5-3-10(17-2)4-6-16/h7,10H,3-6,8,13H2,1-2H3. The number of hydrogen-bond acceptors (Lipinski definition) is 5. The molecule has 0 spiro atoms. The molecule has 1 aromatic rings. The second-order valence-corrected chi connectivity index (χ2v) is 4.41. The van der Waals surface area contributed by atoms with Crippen molar-refractivity contribution in [2.75, 3.05) is 25.1 Å². The summed E-state index contributed by atoms with van der Waals surface area (Å²) in [5, 5.41) is 0. The average molecular weight is 236 g/mol. The second kappa shape index (κ2) is 5.42. The van der Waals surface area contributed by atoms with E-state index in [9.17, 15) is 0 Å². The molecule has 0 amide bonds. The highest BCUT2D eigenvalue weighted by atomic mass is 16.5. The molecule has 0 unspecified atom stereocenters. The van der Waals surface area contributed by atoms with Crippen LogP contribution in [0, 0.1) is 6.92 Å². The fourth-order valence-electron chi connectivity index (χ4n) is 2.19. The number of rotatable bonds is 3. The number of piperidine rings is 1. The molecule has 17 heavy (non-hydrogen) atoms. The quantitative estimate of drug-likeness (QED) is 0.843. The van der Waals surface area contributed by atoms with Crippen LogP contribution in [-0.4, -0.2) is 36.3 Å². The molecule has 1 aliphatic heterocycles. The molecular weight excluding hydrogens is 216 g/mol. The molecule has 0 bridgehead atoms. The Hall–Kier alpha value is -1.20. The Morgan fingerprint density at radius 3 is 2.71 bits per heavy atom. The molecule has 1 aromatic heterocycles. The smallest absolute Gasteiger partial charge is 0.144 e. The van der Waals surface area contributed by atoms with Crippen LogP contribution in [0.15, 0.2) is 6.07 Å². The summed E-state index contributed by atoms with van der Waals surface area (Å²) in [6.07, 6.45) is 2.50. The fraction of sp³-hybridized carbons (Fsp3) is 0.667. The van der Waals surface area contributed by atoms with E-state index in [2.05, 4.69) is 14.9 Å². The van der Waals surface area contributed by atoms with Crippen molar-refractivity contribution in [2.24, 2.45) is 5.73 Å². The van der Waals surface area contributed by atoms with Gasteiger partial charge in [0.2, 0.25) is 0 Å². The normalized spacial score (nSPS) is 17.5. The van der Waals surface area contributed by atoms with Crippen LogP contribution >= 0.6 is 0 Å². The molecule has 2 rings (SSSR count). The third kappa shape index (κ3) is 2.92.